The van der Waals surface area contributed by atoms with E-state index >= 15 is 0 Å². The Morgan fingerprint density at radius 2 is 2.10 bits per heavy atom. The van der Waals surface area contributed by atoms with Crippen LogP contribution in [0.5, 0.6) is 0 Å². The van der Waals surface area contributed by atoms with Crippen LogP contribution in [0, 0.1) is 11.3 Å². The van der Waals surface area contributed by atoms with Crippen molar-refractivity contribution in [3.05, 3.63) is 54.4 Å². The fraction of sp³-hybridized carbons (Fsp3) is 0.250. The number of methoxy groups -OCH3 is 1. The van der Waals surface area contributed by atoms with Crippen LogP contribution in [0.4, 0.5) is 5.69 Å². The highest BCUT2D eigenvalue weighted by Gasteiger charge is 2.21. The van der Waals surface area contributed by atoms with E-state index in [1.54, 1.807) is 50.7 Å². The van der Waals surface area contributed by atoms with E-state index in [-0.39, 0.29) is 5.91 Å². The van der Waals surface area contributed by atoms with Gasteiger partial charge in [-0.15, -0.1) is 10.2 Å². The molecule has 0 aliphatic rings. The van der Waals surface area contributed by atoms with Crippen molar-refractivity contribution in [2.45, 2.75) is 23.9 Å². The third-order valence-electron chi connectivity index (χ3n) is 4.08. The van der Waals surface area contributed by atoms with Crippen molar-refractivity contribution in [1.82, 2.24) is 19.7 Å². The van der Waals surface area contributed by atoms with Crippen LogP contribution < -0.4 is 5.32 Å². The summed E-state index contributed by atoms with van der Waals surface area (Å²) in [5, 5.41) is 20.6. The molecule has 0 radical (unpaired) electrons. The zero-order valence-corrected chi connectivity index (χ0v) is 16.9. The molecule has 0 spiro atoms. The lowest BCUT2D eigenvalue weighted by Gasteiger charge is -2.14. The van der Waals surface area contributed by atoms with Crippen molar-refractivity contribution in [2.24, 2.45) is 0 Å². The van der Waals surface area contributed by atoms with Crippen molar-refractivity contribution in [3.8, 4) is 17.5 Å². The first-order valence-corrected chi connectivity index (χ1v) is 9.80. The quantitative estimate of drug-likeness (QED) is 0.571. The first-order chi connectivity index (χ1) is 14.1. The SMILES string of the molecule is COCCn1c(S[C@H](C)C(=O)Nc2cccc(C#N)c2)nnc1-c1ccncc1. The van der Waals surface area contributed by atoms with Crippen LogP contribution in [0.25, 0.3) is 11.4 Å². The van der Waals surface area contributed by atoms with Crippen molar-refractivity contribution < 1.29 is 9.53 Å². The molecule has 1 atom stereocenters. The largest absolute Gasteiger partial charge is 0.383 e. The average Bonchev–Trinajstić information content (AvgIpc) is 3.15. The van der Waals surface area contributed by atoms with Gasteiger partial charge in [0.15, 0.2) is 11.0 Å². The van der Waals surface area contributed by atoms with Gasteiger partial charge in [-0.3, -0.25) is 14.3 Å². The summed E-state index contributed by atoms with van der Waals surface area (Å²) in [4.78, 5) is 16.6. The second-order valence-electron chi connectivity index (χ2n) is 6.13. The van der Waals surface area contributed by atoms with E-state index in [1.165, 1.54) is 11.8 Å². The molecule has 2 aromatic heterocycles. The maximum absolute atomic E-state index is 12.6. The maximum Gasteiger partial charge on any atom is 0.237 e. The Labute approximate surface area is 172 Å². The minimum atomic E-state index is -0.420. The molecule has 1 aromatic carbocycles. The van der Waals surface area contributed by atoms with E-state index in [0.717, 1.165) is 5.56 Å². The van der Waals surface area contributed by atoms with Gasteiger partial charge in [0.2, 0.25) is 5.91 Å². The Morgan fingerprint density at radius 3 is 2.83 bits per heavy atom. The van der Waals surface area contributed by atoms with E-state index in [0.29, 0.717) is 35.4 Å². The van der Waals surface area contributed by atoms with Crippen molar-refractivity contribution in [1.29, 1.82) is 5.26 Å². The van der Waals surface area contributed by atoms with Crippen LogP contribution in [0.2, 0.25) is 0 Å². The second-order valence-corrected chi connectivity index (χ2v) is 7.44. The third-order valence-corrected chi connectivity index (χ3v) is 5.17. The van der Waals surface area contributed by atoms with E-state index in [2.05, 4.69) is 26.6 Å². The van der Waals surface area contributed by atoms with Crippen LogP contribution in [0.15, 0.2) is 53.9 Å². The molecule has 0 aliphatic heterocycles. The lowest BCUT2D eigenvalue weighted by atomic mass is 10.2. The molecule has 29 heavy (non-hydrogen) atoms. The number of carbonyl (C=O) groups is 1. The summed E-state index contributed by atoms with van der Waals surface area (Å²) in [5.74, 6) is 0.512. The highest BCUT2D eigenvalue weighted by Crippen LogP contribution is 2.27. The van der Waals surface area contributed by atoms with E-state index < -0.39 is 5.25 Å². The Morgan fingerprint density at radius 1 is 1.31 bits per heavy atom. The van der Waals surface area contributed by atoms with Crippen molar-refractivity contribution >= 4 is 23.4 Å². The molecule has 1 N–H and O–H groups in total. The number of pyridine rings is 1. The Balaban J connectivity index is 1.76. The molecule has 0 saturated carbocycles. The van der Waals surface area contributed by atoms with Gasteiger partial charge in [0, 0.05) is 30.8 Å². The highest BCUT2D eigenvalue weighted by atomic mass is 32.2. The fourth-order valence-electron chi connectivity index (χ4n) is 2.60. The number of nitrogens with one attached hydrogen (secondary N) is 1. The molecule has 148 valence electrons. The lowest BCUT2D eigenvalue weighted by molar-refractivity contribution is -0.115. The molecule has 0 saturated heterocycles. The molecule has 3 aromatic rings. The number of hydrogen-bond donors (Lipinski definition) is 1. The van der Waals surface area contributed by atoms with Gasteiger partial charge in [-0.25, -0.2) is 0 Å². The number of amides is 1. The molecule has 0 aliphatic carbocycles. The molecule has 2 heterocycles. The number of rotatable bonds is 8. The minimum absolute atomic E-state index is 0.183. The zero-order chi connectivity index (χ0) is 20.6. The summed E-state index contributed by atoms with van der Waals surface area (Å²) in [6, 6.07) is 12.6. The van der Waals surface area contributed by atoms with Crippen LogP contribution in [0.3, 0.4) is 0 Å². The van der Waals surface area contributed by atoms with Crippen LogP contribution in [0.1, 0.15) is 12.5 Å². The van der Waals surface area contributed by atoms with Gasteiger partial charge in [0.1, 0.15) is 0 Å². The van der Waals surface area contributed by atoms with Crippen molar-refractivity contribution in [2.75, 3.05) is 19.0 Å². The van der Waals surface area contributed by atoms with Crippen LogP contribution in [-0.4, -0.2) is 44.6 Å². The number of nitriles is 1. The van der Waals surface area contributed by atoms with E-state index in [4.69, 9.17) is 10.00 Å². The summed E-state index contributed by atoms with van der Waals surface area (Å²) in [6.45, 7) is 2.85. The number of hydrogen-bond acceptors (Lipinski definition) is 7. The number of anilines is 1. The number of aromatic nitrogens is 4. The normalized spacial score (nSPS) is 11.6. The first kappa shape index (κ1) is 20.5. The average molecular weight is 408 g/mol. The number of benzene rings is 1. The lowest BCUT2D eigenvalue weighted by Crippen LogP contribution is -2.23. The molecule has 0 unspecified atom stereocenters. The highest BCUT2D eigenvalue weighted by molar-refractivity contribution is 8.00. The fourth-order valence-corrected chi connectivity index (χ4v) is 3.47. The topological polar surface area (TPSA) is 106 Å². The predicted molar refractivity (Wildman–Crippen MR) is 110 cm³/mol. The van der Waals surface area contributed by atoms with Gasteiger partial charge < -0.3 is 10.1 Å². The van der Waals surface area contributed by atoms with Crippen LogP contribution in [-0.2, 0) is 16.1 Å². The molecular weight excluding hydrogens is 388 g/mol. The predicted octanol–water partition coefficient (Wildman–Crippen LogP) is 2.98. The smallest absolute Gasteiger partial charge is 0.237 e. The van der Waals surface area contributed by atoms with E-state index in [1.807, 2.05) is 16.7 Å². The molecule has 3 rings (SSSR count). The van der Waals surface area contributed by atoms with Crippen LogP contribution >= 0.6 is 11.8 Å². The summed E-state index contributed by atoms with van der Waals surface area (Å²) in [7, 11) is 1.63. The number of nitrogens with zero attached hydrogens (tertiary/aromatic N) is 5. The summed E-state index contributed by atoms with van der Waals surface area (Å²) >= 11 is 1.31. The van der Waals surface area contributed by atoms with E-state index in [9.17, 15) is 4.79 Å². The Bertz CT molecular complexity index is 1020. The Hall–Kier alpha value is -3.22. The van der Waals surface area contributed by atoms with Gasteiger partial charge in [0.25, 0.3) is 0 Å². The van der Waals surface area contributed by atoms with Crippen molar-refractivity contribution in [3.63, 3.8) is 0 Å². The molecule has 9 heteroatoms. The number of ether oxygens (including phenoxy) is 1. The standard InChI is InChI=1S/C20H20N6O2S/c1-14(19(27)23-17-5-3-4-15(12-17)13-21)29-20-25-24-18(26(20)10-11-28-2)16-6-8-22-9-7-16/h3-9,12,14H,10-11H2,1-2H3,(H,23,27)/t14-/m1/s1. The summed E-state index contributed by atoms with van der Waals surface area (Å²) in [6.07, 6.45) is 3.39. The van der Waals surface area contributed by atoms with Gasteiger partial charge >= 0.3 is 0 Å². The van der Waals surface area contributed by atoms with Gasteiger partial charge in [-0.2, -0.15) is 5.26 Å². The third kappa shape index (κ3) is 5.19. The van der Waals surface area contributed by atoms with Gasteiger partial charge in [0.05, 0.1) is 30.0 Å². The second kappa shape index (κ2) is 9.82. The number of carbonyl (C=O) groups excluding carboxylic acids is 1. The van der Waals surface area contributed by atoms with Gasteiger partial charge in [-0.1, -0.05) is 17.8 Å². The summed E-state index contributed by atoms with van der Waals surface area (Å²) < 4.78 is 7.14. The molecule has 8 nitrogen and oxygen atoms in total. The first-order valence-electron chi connectivity index (χ1n) is 8.92. The monoisotopic (exact) mass is 408 g/mol. The maximum atomic E-state index is 12.6. The number of thioether (sulfide) groups is 1. The molecule has 0 fully saturated rings. The van der Waals surface area contributed by atoms with Gasteiger partial charge in [-0.05, 0) is 37.3 Å². The molecular formula is C20H20N6O2S. The minimum Gasteiger partial charge on any atom is -0.383 e. The zero-order valence-electron chi connectivity index (χ0n) is 16.1. The Kier molecular flexibility index (Phi) is 6.94. The molecule has 1 amide bonds. The summed E-state index contributed by atoms with van der Waals surface area (Å²) in [5.41, 5.74) is 1.96. The molecule has 0 bridgehead atoms.